The van der Waals surface area contributed by atoms with Crippen molar-refractivity contribution in [2.75, 3.05) is 19.5 Å². The summed E-state index contributed by atoms with van der Waals surface area (Å²) in [5.41, 5.74) is 2.74. The van der Waals surface area contributed by atoms with Crippen molar-refractivity contribution < 1.29 is 9.13 Å². The number of ether oxygens (including phenoxy) is 1. The summed E-state index contributed by atoms with van der Waals surface area (Å²) in [4.78, 5) is 9.10. The van der Waals surface area contributed by atoms with E-state index in [1.807, 2.05) is 14.0 Å². The fourth-order valence-corrected chi connectivity index (χ4v) is 2.39. The van der Waals surface area contributed by atoms with Crippen molar-refractivity contribution in [1.82, 2.24) is 9.97 Å². The Labute approximate surface area is 124 Å². The fourth-order valence-electron chi connectivity index (χ4n) is 2.39. The largest absolute Gasteiger partial charge is 0.494 e. The van der Waals surface area contributed by atoms with Crippen LogP contribution in [0.3, 0.4) is 0 Å². The van der Waals surface area contributed by atoms with Gasteiger partial charge >= 0.3 is 0 Å². The SMILES string of the molecule is CNc1nc(-c2ccc(F)c(OC)c2)nc(C)c1C(C)C. The molecule has 1 heterocycles. The molecular weight excluding hydrogens is 269 g/mol. The summed E-state index contributed by atoms with van der Waals surface area (Å²) in [7, 11) is 3.28. The van der Waals surface area contributed by atoms with E-state index in [1.165, 1.54) is 13.2 Å². The van der Waals surface area contributed by atoms with Gasteiger partial charge in [0, 0.05) is 23.9 Å². The lowest BCUT2D eigenvalue weighted by Crippen LogP contribution is -2.07. The Kier molecular flexibility index (Phi) is 4.40. The number of halogens is 1. The van der Waals surface area contributed by atoms with Crippen LogP contribution in [0.15, 0.2) is 18.2 Å². The Morgan fingerprint density at radius 1 is 1.24 bits per heavy atom. The highest BCUT2D eigenvalue weighted by molar-refractivity contribution is 5.62. The van der Waals surface area contributed by atoms with Crippen molar-refractivity contribution in [2.24, 2.45) is 0 Å². The number of benzene rings is 1. The van der Waals surface area contributed by atoms with Crippen LogP contribution >= 0.6 is 0 Å². The summed E-state index contributed by atoms with van der Waals surface area (Å²) in [6.07, 6.45) is 0. The van der Waals surface area contributed by atoms with Gasteiger partial charge in [-0.2, -0.15) is 0 Å². The first-order valence-corrected chi connectivity index (χ1v) is 6.88. The zero-order valence-electron chi connectivity index (χ0n) is 13.0. The summed E-state index contributed by atoms with van der Waals surface area (Å²) < 4.78 is 18.5. The summed E-state index contributed by atoms with van der Waals surface area (Å²) in [5.74, 6) is 1.47. The zero-order valence-corrected chi connectivity index (χ0v) is 13.0. The fraction of sp³-hybridized carbons (Fsp3) is 0.375. The monoisotopic (exact) mass is 289 g/mol. The van der Waals surface area contributed by atoms with Gasteiger partial charge in [0.2, 0.25) is 0 Å². The van der Waals surface area contributed by atoms with Gasteiger partial charge in [-0.05, 0) is 31.0 Å². The number of rotatable bonds is 4. The molecule has 0 unspecified atom stereocenters. The minimum atomic E-state index is -0.398. The zero-order chi connectivity index (χ0) is 15.6. The molecule has 0 aliphatic heterocycles. The molecule has 0 fully saturated rings. The van der Waals surface area contributed by atoms with Gasteiger partial charge < -0.3 is 10.1 Å². The van der Waals surface area contributed by atoms with Gasteiger partial charge in [0.15, 0.2) is 17.4 Å². The maximum atomic E-state index is 13.5. The third-order valence-corrected chi connectivity index (χ3v) is 3.36. The number of nitrogens with zero attached hydrogens (tertiary/aromatic N) is 2. The summed E-state index contributed by atoms with van der Waals surface area (Å²) in [5, 5.41) is 3.11. The van der Waals surface area contributed by atoms with Crippen LogP contribution in [0.25, 0.3) is 11.4 Å². The molecule has 21 heavy (non-hydrogen) atoms. The van der Waals surface area contributed by atoms with Crippen LogP contribution in [0.4, 0.5) is 10.2 Å². The van der Waals surface area contributed by atoms with Gasteiger partial charge in [-0.15, -0.1) is 0 Å². The Morgan fingerprint density at radius 2 is 1.95 bits per heavy atom. The molecule has 2 rings (SSSR count). The second-order valence-corrected chi connectivity index (χ2v) is 5.15. The topological polar surface area (TPSA) is 47.0 Å². The molecule has 0 bridgehead atoms. The van der Waals surface area contributed by atoms with Crippen LogP contribution in [0.1, 0.15) is 31.0 Å². The number of anilines is 1. The highest BCUT2D eigenvalue weighted by atomic mass is 19.1. The average molecular weight is 289 g/mol. The van der Waals surface area contributed by atoms with Crippen molar-refractivity contribution in [1.29, 1.82) is 0 Å². The predicted octanol–water partition coefficient (Wildman–Crippen LogP) is 3.76. The van der Waals surface area contributed by atoms with E-state index in [4.69, 9.17) is 4.74 Å². The molecule has 4 nitrogen and oxygen atoms in total. The highest BCUT2D eigenvalue weighted by Gasteiger charge is 2.15. The quantitative estimate of drug-likeness (QED) is 0.931. The third kappa shape index (κ3) is 2.96. The molecule has 0 saturated carbocycles. The maximum absolute atomic E-state index is 13.5. The van der Waals surface area contributed by atoms with Crippen LogP contribution in [0.2, 0.25) is 0 Å². The number of hydrogen-bond acceptors (Lipinski definition) is 4. The number of aryl methyl sites for hydroxylation is 1. The molecule has 0 saturated heterocycles. The van der Waals surface area contributed by atoms with Crippen LogP contribution in [0.5, 0.6) is 5.75 Å². The van der Waals surface area contributed by atoms with Crippen molar-refractivity contribution in [3.05, 3.63) is 35.3 Å². The molecule has 0 aliphatic rings. The predicted molar refractivity (Wildman–Crippen MR) is 82.4 cm³/mol. The Morgan fingerprint density at radius 3 is 2.52 bits per heavy atom. The first-order chi connectivity index (χ1) is 9.97. The number of nitrogens with one attached hydrogen (secondary N) is 1. The van der Waals surface area contributed by atoms with E-state index >= 15 is 0 Å². The molecular formula is C16H20FN3O. The van der Waals surface area contributed by atoms with Crippen LogP contribution in [-0.2, 0) is 0 Å². The van der Waals surface area contributed by atoms with Gasteiger partial charge in [-0.25, -0.2) is 14.4 Å². The normalized spacial score (nSPS) is 10.8. The second-order valence-electron chi connectivity index (χ2n) is 5.15. The van der Waals surface area contributed by atoms with Gasteiger partial charge in [0.05, 0.1) is 7.11 Å². The Hall–Kier alpha value is -2.17. The van der Waals surface area contributed by atoms with Crippen molar-refractivity contribution in [3.8, 4) is 17.1 Å². The van der Waals surface area contributed by atoms with Gasteiger partial charge in [0.25, 0.3) is 0 Å². The lowest BCUT2D eigenvalue weighted by Gasteiger charge is -2.16. The van der Waals surface area contributed by atoms with Gasteiger partial charge in [0.1, 0.15) is 5.82 Å². The van der Waals surface area contributed by atoms with E-state index in [0.29, 0.717) is 11.7 Å². The maximum Gasteiger partial charge on any atom is 0.165 e. The van der Waals surface area contributed by atoms with Crippen molar-refractivity contribution in [3.63, 3.8) is 0 Å². The molecule has 0 aliphatic carbocycles. The van der Waals surface area contributed by atoms with E-state index in [1.54, 1.807) is 12.1 Å². The van der Waals surface area contributed by atoms with Gasteiger partial charge in [-0.1, -0.05) is 13.8 Å². The molecule has 2 aromatic rings. The van der Waals surface area contributed by atoms with E-state index in [2.05, 4.69) is 29.1 Å². The van der Waals surface area contributed by atoms with Crippen LogP contribution < -0.4 is 10.1 Å². The number of hydrogen-bond donors (Lipinski definition) is 1. The third-order valence-electron chi connectivity index (χ3n) is 3.36. The number of aromatic nitrogens is 2. The lowest BCUT2D eigenvalue weighted by atomic mass is 10.0. The van der Waals surface area contributed by atoms with E-state index in [9.17, 15) is 4.39 Å². The molecule has 0 amide bonds. The average Bonchev–Trinajstić information content (AvgIpc) is 2.46. The van der Waals surface area contributed by atoms with Crippen LogP contribution in [-0.4, -0.2) is 24.1 Å². The van der Waals surface area contributed by atoms with E-state index in [0.717, 1.165) is 22.6 Å². The summed E-state index contributed by atoms with van der Waals surface area (Å²) >= 11 is 0. The smallest absolute Gasteiger partial charge is 0.165 e. The van der Waals surface area contributed by atoms with Crippen molar-refractivity contribution >= 4 is 5.82 Å². The molecule has 0 atom stereocenters. The minimum Gasteiger partial charge on any atom is -0.494 e. The Balaban J connectivity index is 2.57. The van der Waals surface area contributed by atoms with Crippen LogP contribution in [0, 0.1) is 12.7 Å². The molecule has 0 spiro atoms. The van der Waals surface area contributed by atoms with E-state index in [-0.39, 0.29) is 5.75 Å². The molecule has 1 N–H and O–H groups in total. The molecule has 0 radical (unpaired) electrons. The van der Waals surface area contributed by atoms with E-state index < -0.39 is 5.82 Å². The second kappa shape index (κ2) is 6.08. The standard InChI is InChI=1S/C16H20FN3O/c1-9(2)14-10(3)19-15(20-16(14)18-4)11-6-7-12(17)13(8-11)21-5/h6-9H,1-5H3,(H,18,19,20). The number of methoxy groups -OCH3 is 1. The molecule has 1 aromatic heterocycles. The van der Waals surface area contributed by atoms with Gasteiger partial charge in [-0.3, -0.25) is 0 Å². The Bertz CT molecular complexity index is 656. The molecule has 5 heteroatoms. The first kappa shape index (κ1) is 15.2. The molecule has 1 aromatic carbocycles. The lowest BCUT2D eigenvalue weighted by molar-refractivity contribution is 0.387. The minimum absolute atomic E-state index is 0.188. The summed E-state index contributed by atoms with van der Waals surface area (Å²) in [6.45, 7) is 6.17. The summed E-state index contributed by atoms with van der Waals surface area (Å²) in [6, 6.07) is 4.63. The first-order valence-electron chi connectivity index (χ1n) is 6.88. The van der Waals surface area contributed by atoms with Crippen molar-refractivity contribution in [2.45, 2.75) is 26.7 Å². The highest BCUT2D eigenvalue weighted by Crippen LogP contribution is 2.29. The molecule has 112 valence electrons.